The molecule has 1 aliphatic carbocycles. The zero-order valence-electron chi connectivity index (χ0n) is 51.6. The lowest BCUT2D eigenvalue weighted by atomic mass is 9.82. The quantitative estimate of drug-likeness (QED) is 0.0365. The zero-order chi connectivity index (χ0) is 64.6. The number of piperidine rings is 1. The molecule has 3 fully saturated rings. The molecule has 0 unspecified atom stereocenters. The number of Topliss-reactive ketones (excluding diaryl/α,β-unsaturated/α-hetero) is 2. The van der Waals surface area contributed by atoms with Crippen LogP contribution in [-0.4, -0.2) is 150 Å². The number of halogens is 4. The van der Waals surface area contributed by atoms with Gasteiger partial charge >= 0.3 is 18.2 Å². The Labute approximate surface area is 527 Å². The van der Waals surface area contributed by atoms with Crippen LogP contribution in [0.1, 0.15) is 134 Å². The number of aliphatic hydroxyl groups is 2. The summed E-state index contributed by atoms with van der Waals surface area (Å²) in [7, 11) is 4.80. The van der Waals surface area contributed by atoms with E-state index in [2.05, 4.69) is 27.0 Å². The van der Waals surface area contributed by atoms with Crippen LogP contribution in [0.25, 0.3) is 0 Å². The number of ketones is 2. The number of rotatable bonds is 17. The van der Waals surface area contributed by atoms with E-state index in [1.807, 2.05) is 19.9 Å². The van der Waals surface area contributed by atoms with E-state index in [9.17, 15) is 52.2 Å². The van der Waals surface area contributed by atoms with Gasteiger partial charge in [0, 0.05) is 88.0 Å². The number of esters is 1. The summed E-state index contributed by atoms with van der Waals surface area (Å²) >= 11 is 7.28. The molecule has 488 valence electrons. The molecular formula is C65H85ClF3N5O14S. The highest BCUT2D eigenvalue weighted by Crippen LogP contribution is 2.40. The van der Waals surface area contributed by atoms with Gasteiger partial charge in [-0.1, -0.05) is 49.6 Å². The number of pyridine rings is 1. The summed E-state index contributed by atoms with van der Waals surface area (Å²) in [4.78, 5) is 89.1. The number of urea groups is 1. The summed E-state index contributed by atoms with van der Waals surface area (Å²) in [6.07, 6.45) is 3.76. The number of nitrogens with zero attached hydrogens (tertiary/aromatic N) is 2. The number of alkyl halides is 3. The van der Waals surface area contributed by atoms with Crippen molar-refractivity contribution in [2.75, 3.05) is 56.6 Å². The number of methoxy groups -OCH3 is 3. The normalized spacial score (nSPS) is 28.7. The molecular weight excluding hydrogens is 1200 g/mol. The van der Waals surface area contributed by atoms with Crippen molar-refractivity contribution in [3.63, 3.8) is 0 Å². The number of amides is 4. The van der Waals surface area contributed by atoms with Crippen LogP contribution in [0.2, 0.25) is 5.02 Å². The second kappa shape index (κ2) is 32.9. The van der Waals surface area contributed by atoms with Gasteiger partial charge in [-0.2, -0.15) is 24.9 Å². The van der Waals surface area contributed by atoms with Crippen molar-refractivity contribution >= 4 is 70.1 Å². The molecule has 3 aromatic rings. The van der Waals surface area contributed by atoms with Crippen molar-refractivity contribution in [1.29, 1.82) is 0 Å². The van der Waals surface area contributed by atoms with Gasteiger partial charge in [-0.05, 0) is 157 Å². The molecule has 24 heteroatoms. The number of nitrogens with one attached hydrogen (secondary N) is 3. The fourth-order valence-corrected chi connectivity index (χ4v) is 13.2. The standard InChI is InChI=1S/C65H85ClF3N5O14S/c1-38-30-43(13-11-28-89-29-26-71-60(78)52-36-49(24-25-70-52)86-46-19-16-44(17-20-46)72-63(81)73-45-18-22-51(66)50(35-45)65(67,68)69)55(76)37-54(75)41(4)58(39(2)32-42-12-10-14-47(34-42)83-5)87-62(80)53-15-8-9-27-74(53)61(79)59(77)64(82)40(3)33-57(85-7)56(88-64)23-21-48(31-38)84-6/h16-20,22,24-25,30,32,35-36,40-43,47-48,53-54,56-58,75,82H,8-15,21,23,26-29,31,33-34,37H2,1-7H3,(H,71,78)(H2,72,73,81)/b38-30+,39-32+/t40-,41-,42+,43-,47+,48-,53+,54+,56-,57+,58-,64-/m1/s1. The van der Waals surface area contributed by atoms with Gasteiger partial charge in [-0.3, -0.25) is 24.2 Å². The fraction of sp³-hybridized carbons (Fsp3) is 0.585. The number of cyclic esters (lactones) is 1. The Morgan fingerprint density at radius 3 is 2.33 bits per heavy atom. The van der Waals surface area contributed by atoms with Crippen LogP contribution in [0.15, 0.2) is 84.1 Å². The molecule has 1 saturated carbocycles. The monoisotopic (exact) mass is 1280 g/mol. The Kier molecular flexibility index (Phi) is 26.1. The number of carbonyl (C=O) groups is 6. The van der Waals surface area contributed by atoms with E-state index < -0.39 is 100 Å². The SMILES string of the molecule is CO[C@@H]1CC[C@H]2O[C@@](O)(C(=O)C(=O)N3CCCC[C@H]3C(=O)O[C@H](/C(C)=C/[C@@H]3CCC[C@H](OC)C3)[C@H](C)[C@@H](O)CC(=O)[C@H](CCCSCCNC(=O)c3cc(Oc4ccc(NC(=O)Nc5ccc(Cl)c(C(F)(F)F)c5)cc4)ccn3)/C=C(\C)C1)[C@H](C)C[C@@H]2OC. The molecule has 2 bridgehead atoms. The number of thioether (sulfide) groups is 1. The number of aromatic nitrogens is 1. The van der Waals surface area contributed by atoms with E-state index in [0.717, 1.165) is 43.4 Å². The molecule has 4 heterocycles. The molecule has 2 aromatic carbocycles. The Morgan fingerprint density at radius 2 is 1.61 bits per heavy atom. The molecule has 0 radical (unpaired) electrons. The molecule has 89 heavy (non-hydrogen) atoms. The van der Waals surface area contributed by atoms with Crippen molar-refractivity contribution < 1.29 is 80.6 Å². The summed E-state index contributed by atoms with van der Waals surface area (Å²) in [6, 6.07) is 10.3. The number of allylic oxidation sites excluding steroid dienone is 2. The minimum absolute atomic E-state index is 0.0567. The highest BCUT2D eigenvalue weighted by Gasteiger charge is 2.55. The van der Waals surface area contributed by atoms with E-state index in [0.29, 0.717) is 85.8 Å². The topological polar surface area (TPSA) is 250 Å². The molecule has 2 saturated heterocycles. The van der Waals surface area contributed by atoms with Crippen molar-refractivity contribution in [2.45, 2.75) is 172 Å². The zero-order valence-corrected chi connectivity index (χ0v) is 53.2. The van der Waals surface area contributed by atoms with Crippen molar-refractivity contribution in [2.24, 2.45) is 23.7 Å². The van der Waals surface area contributed by atoms with E-state index in [1.54, 1.807) is 58.0 Å². The van der Waals surface area contributed by atoms with Crippen LogP contribution >= 0.6 is 23.4 Å². The number of carbonyl (C=O) groups excluding carboxylic acids is 6. The third-order valence-corrected chi connectivity index (χ3v) is 18.7. The second-order valence-corrected chi connectivity index (χ2v) is 25.4. The van der Waals surface area contributed by atoms with Crippen LogP contribution in [0.5, 0.6) is 11.5 Å². The van der Waals surface area contributed by atoms with Gasteiger partial charge in [0.2, 0.25) is 5.79 Å². The number of benzene rings is 2. The number of hydrogen-bond donors (Lipinski definition) is 5. The first-order valence-electron chi connectivity index (χ1n) is 30.6. The lowest BCUT2D eigenvalue weighted by molar-refractivity contribution is -0.287. The number of ether oxygens (including phenoxy) is 6. The van der Waals surface area contributed by atoms with Crippen LogP contribution in [0, 0.1) is 23.7 Å². The smallest absolute Gasteiger partial charge is 0.417 e. The van der Waals surface area contributed by atoms with Gasteiger partial charge in [0.05, 0.1) is 41.1 Å². The first-order chi connectivity index (χ1) is 42.4. The Bertz CT molecular complexity index is 2990. The Balaban J connectivity index is 0.993. The summed E-state index contributed by atoms with van der Waals surface area (Å²) in [6.45, 7) is 7.51. The third-order valence-electron chi connectivity index (χ3n) is 17.3. The first kappa shape index (κ1) is 70.5. The minimum atomic E-state index is -4.70. The van der Waals surface area contributed by atoms with Crippen LogP contribution in [0.4, 0.5) is 29.3 Å². The van der Waals surface area contributed by atoms with E-state index >= 15 is 0 Å². The highest BCUT2D eigenvalue weighted by molar-refractivity contribution is 7.99. The van der Waals surface area contributed by atoms with Gasteiger partial charge < -0.3 is 59.5 Å². The van der Waals surface area contributed by atoms with Gasteiger partial charge in [0.1, 0.15) is 35.1 Å². The average Bonchev–Trinajstić information content (AvgIpc) is 0.971. The molecule has 19 nitrogen and oxygen atoms in total. The van der Waals surface area contributed by atoms with Crippen molar-refractivity contribution in [1.82, 2.24) is 15.2 Å². The number of anilines is 2. The second-order valence-electron chi connectivity index (χ2n) is 23.8. The summed E-state index contributed by atoms with van der Waals surface area (Å²) in [5.74, 6) is -6.39. The summed E-state index contributed by atoms with van der Waals surface area (Å²) in [5.41, 5.74) is 0.780. The van der Waals surface area contributed by atoms with Gasteiger partial charge in [0.25, 0.3) is 17.6 Å². The molecule has 3 aliphatic heterocycles. The average molecular weight is 1280 g/mol. The predicted octanol–water partition coefficient (Wildman–Crippen LogP) is 11.3. The highest BCUT2D eigenvalue weighted by atomic mass is 35.5. The number of aliphatic hydroxyl groups excluding tert-OH is 1. The maximum atomic E-state index is 14.6. The maximum Gasteiger partial charge on any atom is 0.417 e. The van der Waals surface area contributed by atoms with Crippen molar-refractivity contribution in [3.8, 4) is 11.5 Å². The molecule has 5 N–H and O–H groups in total. The molecule has 12 atom stereocenters. The largest absolute Gasteiger partial charge is 0.457 e. The van der Waals surface area contributed by atoms with Crippen molar-refractivity contribution in [3.05, 3.63) is 100 Å². The molecule has 0 spiro atoms. The Morgan fingerprint density at radius 1 is 0.876 bits per heavy atom. The number of hydrogen-bond acceptors (Lipinski definition) is 16. The van der Waals surface area contributed by atoms with Crippen LogP contribution in [0.3, 0.4) is 0 Å². The minimum Gasteiger partial charge on any atom is -0.457 e. The fourth-order valence-electron chi connectivity index (χ4n) is 12.2. The Hall–Kier alpha value is -5.92. The molecule has 4 aliphatic rings. The summed E-state index contributed by atoms with van der Waals surface area (Å²) in [5, 5.41) is 31.5. The molecule has 4 amide bonds. The van der Waals surface area contributed by atoms with Crippen LogP contribution in [-0.2, 0) is 49.0 Å². The predicted molar refractivity (Wildman–Crippen MR) is 331 cm³/mol. The summed E-state index contributed by atoms with van der Waals surface area (Å²) < 4.78 is 76.0. The van der Waals surface area contributed by atoms with E-state index in [1.165, 1.54) is 42.5 Å². The van der Waals surface area contributed by atoms with Crippen LogP contribution < -0.4 is 20.7 Å². The lowest BCUT2D eigenvalue weighted by Gasteiger charge is -2.45. The number of fused-ring (bicyclic) bond motifs is 3. The third kappa shape index (κ3) is 19.6. The first-order valence-corrected chi connectivity index (χ1v) is 32.1. The molecule has 1 aromatic heterocycles. The molecule has 7 rings (SSSR count). The lowest BCUT2D eigenvalue weighted by Crippen LogP contribution is -2.63. The van der Waals surface area contributed by atoms with Gasteiger partial charge in [-0.25, -0.2) is 9.59 Å². The van der Waals surface area contributed by atoms with E-state index in [-0.39, 0.29) is 61.1 Å². The van der Waals surface area contributed by atoms with E-state index in [4.69, 9.17) is 40.0 Å². The maximum absolute atomic E-state index is 14.6. The van der Waals surface area contributed by atoms with Gasteiger partial charge in [0.15, 0.2) is 0 Å². The van der Waals surface area contributed by atoms with Gasteiger partial charge in [-0.15, -0.1) is 0 Å².